The van der Waals surface area contributed by atoms with Crippen molar-refractivity contribution in [1.82, 2.24) is 0 Å². The zero-order valence-corrected chi connectivity index (χ0v) is 7.94. The fourth-order valence-corrected chi connectivity index (χ4v) is 0.920. The van der Waals surface area contributed by atoms with Crippen molar-refractivity contribution < 1.29 is 9.95 Å². The smallest absolute Gasteiger partial charge is 0.225 e. The summed E-state index contributed by atoms with van der Waals surface area (Å²) in [4.78, 5) is 0. The Kier molecular flexibility index (Phi) is 2.90. The summed E-state index contributed by atoms with van der Waals surface area (Å²) in [6, 6.07) is 7.47. The van der Waals surface area contributed by atoms with Gasteiger partial charge in [-0.25, -0.2) is 0 Å². The molecule has 3 nitrogen and oxygen atoms in total. The predicted molar refractivity (Wildman–Crippen MR) is 53.2 cm³/mol. The molecule has 0 radical (unpaired) electrons. The topological polar surface area (TPSA) is 49.3 Å². The van der Waals surface area contributed by atoms with Gasteiger partial charge >= 0.3 is 0 Å². The van der Waals surface area contributed by atoms with Gasteiger partial charge in [-0.2, -0.15) is 0 Å². The first kappa shape index (κ1) is 9.58. The van der Waals surface area contributed by atoms with Gasteiger partial charge in [0.25, 0.3) is 0 Å². The fraction of sp³-hybridized carbons (Fsp3) is 0.300. The predicted octanol–water partition coefficient (Wildman–Crippen LogP) is 1.50. The summed E-state index contributed by atoms with van der Waals surface area (Å²) in [5.74, 6) is 0. The first-order chi connectivity index (χ1) is 6.11. The first-order valence-electron chi connectivity index (χ1n) is 4.28. The van der Waals surface area contributed by atoms with Crippen molar-refractivity contribution in [3.05, 3.63) is 29.8 Å². The van der Waals surface area contributed by atoms with Crippen LogP contribution in [0.1, 0.15) is 19.4 Å². The zero-order chi connectivity index (χ0) is 9.84. The number of anilines is 1. The van der Waals surface area contributed by atoms with E-state index in [2.05, 4.69) is 0 Å². The summed E-state index contributed by atoms with van der Waals surface area (Å²) in [7, 11) is 0. The average Bonchev–Trinajstić information content (AvgIpc) is 2.08. The summed E-state index contributed by atoms with van der Waals surface area (Å²) >= 11 is 0. The number of nitrogens with zero attached hydrogens (tertiary/aromatic N) is 1. The van der Waals surface area contributed by atoms with Gasteiger partial charge in [-0.15, -0.1) is 0 Å². The van der Waals surface area contributed by atoms with Gasteiger partial charge in [0.15, 0.2) is 6.04 Å². The van der Waals surface area contributed by atoms with Crippen molar-refractivity contribution >= 4 is 11.9 Å². The molecule has 0 unspecified atom stereocenters. The van der Waals surface area contributed by atoms with E-state index in [9.17, 15) is 5.21 Å². The van der Waals surface area contributed by atoms with Crippen molar-refractivity contribution in [3.63, 3.8) is 0 Å². The van der Waals surface area contributed by atoms with Crippen molar-refractivity contribution in [1.29, 1.82) is 0 Å². The monoisotopic (exact) mass is 179 g/mol. The highest BCUT2D eigenvalue weighted by Gasteiger charge is 2.08. The maximum Gasteiger partial charge on any atom is 0.225 e. The van der Waals surface area contributed by atoms with Crippen molar-refractivity contribution in [3.8, 4) is 0 Å². The van der Waals surface area contributed by atoms with E-state index in [1.54, 1.807) is 12.3 Å². The largest absolute Gasteiger partial charge is 0.398 e. The second kappa shape index (κ2) is 3.94. The molecule has 13 heavy (non-hydrogen) atoms. The van der Waals surface area contributed by atoms with Gasteiger partial charge in [-0.3, -0.25) is 5.21 Å². The van der Waals surface area contributed by atoms with Gasteiger partial charge in [-0.1, -0.05) is 12.1 Å². The van der Waals surface area contributed by atoms with Crippen LogP contribution < -0.4 is 5.73 Å². The number of nitrogen functional groups attached to an aromatic ring is 1. The van der Waals surface area contributed by atoms with Gasteiger partial charge in [0, 0.05) is 19.5 Å². The summed E-state index contributed by atoms with van der Waals surface area (Å²) < 4.78 is 1.14. The number of hydrogen-bond donors (Lipinski definition) is 2. The van der Waals surface area contributed by atoms with Crippen LogP contribution in [0.15, 0.2) is 24.3 Å². The minimum atomic E-state index is 0.0552. The zero-order valence-electron chi connectivity index (χ0n) is 7.94. The van der Waals surface area contributed by atoms with Gasteiger partial charge < -0.3 is 5.73 Å². The first-order valence-corrected chi connectivity index (χ1v) is 4.28. The van der Waals surface area contributed by atoms with Crippen molar-refractivity contribution in [2.24, 2.45) is 0 Å². The molecule has 3 heteroatoms. The summed E-state index contributed by atoms with van der Waals surface area (Å²) in [6.45, 7) is 3.80. The van der Waals surface area contributed by atoms with Gasteiger partial charge in [0.1, 0.15) is 0 Å². The number of hydroxylamine groups is 1. The molecule has 0 saturated carbocycles. The van der Waals surface area contributed by atoms with Gasteiger partial charge in [-0.05, 0) is 16.9 Å². The molecular weight excluding hydrogens is 164 g/mol. The lowest BCUT2D eigenvalue weighted by atomic mass is 10.2. The lowest BCUT2D eigenvalue weighted by Gasteiger charge is -1.98. The van der Waals surface area contributed by atoms with Crippen LogP contribution in [0.2, 0.25) is 0 Å². The third-order valence-electron chi connectivity index (χ3n) is 1.80. The molecule has 0 bridgehead atoms. The number of rotatable bonds is 2. The van der Waals surface area contributed by atoms with E-state index in [0.29, 0.717) is 5.69 Å². The van der Waals surface area contributed by atoms with E-state index in [4.69, 9.17) is 5.73 Å². The van der Waals surface area contributed by atoms with Crippen LogP contribution in [-0.2, 0) is 0 Å². The van der Waals surface area contributed by atoms with Crippen LogP contribution in [0.4, 0.5) is 5.69 Å². The maximum atomic E-state index is 9.43. The van der Waals surface area contributed by atoms with E-state index >= 15 is 0 Å². The van der Waals surface area contributed by atoms with Crippen LogP contribution in [-0.4, -0.2) is 22.2 Å². The highest BCUT2D eigenvalue weighted by molar-refractivity contribution is 5.83. The molecule has 0 atom stereocenters. The number of benzene rings is 1. The molecule has 0 heterocycles. The lowest BCUT2D eigenvalue weighted by molar-refractivity contribution is -0.791. The van der Waals surface area contributed by atoms with Crippen molar-refractivity contribution in [2.75, 3.05) is 5.73 Å². The fourth-order valence-electron chi connectivity index (χ4n) is 0.920. The Morgan fingerprint density at radius 3 is 2.54 bits per heavy atom. The molecule has 0 spiro atoms. The number of hydrogen-bond acceptors (Lipinski definition) is 2. The highest BCUT2D eigenvalue weighted by Crippen LogP contribution is 2.07. The molecule has 70 valence electrons. The summed E-state index contributed by atoms with van der Waals surface area (Å²) in [5.41, 5.74) is 7.20. The van der Waals surface area contributed by atoms with E-state index in [1.165, 1.54) is 0 Å². The number of nitrogens with two attached hydrogens (primary N) is 1. The minimum absolute atomic E-state index is 0.0552. The second-order valence-electron chi connectivity index (χ2n) is 3.23. The lowest BCUT2D eigenvalue weighted by Crippen LogP contribution is -2.18. The quantitative estimate of drug-likeness (QED) is 0.238. The Balaban J connectivity index is 2.97. The van der Waals surface area contributed by atoms with E-state index in [1.807, 2.05) is 32.0 Å². The standard InChI is InChI=1S/C10H14N2O/c1-8(2)12(13)7-9-5-3-4-6-10(9)11/h3-8,11,13H,1-2H3/p+1. The molecule has 0 aromatic heterocycles. The van der Waals surface area contributed by atoms with Crippen LogP contribution in [0.25, 0.3) is 0 Å². The highest BCUT2D eigenvalue weighted by atomic mass is 16.5. The van der Waals surface area contributed by atoms with Crippen LogP contribution in [0, 0.1) is 0 Å². The third kappa shape index (κ3) is 2.47. The van der Waals surface area contributed by atoms with Crippen LogP contribution in [0.3, 0.4) is 0 Å². The molecule has 1 aromatic rings. The normalized spacial score (nSPS) is 12.1. The molecule has 0 saturated heterocycles. The minimum Gasteiger partial charge on any atom is -0.398 e. The molecule has 0 aliphatic carbocycles. The second-order valence-corrected chi connectivity index (χ2v) is 3.23. The Labute approximate surface area is 78.1 Å². The Bertz CT molecular complexity index is 318. The van der Waals surface area contributed by atoms with Crippen molar-refractivity contribution in [2.45, 2.75) is 19.9 Å². The van der Waals surface area contributed by atoms with Gasteiger partial charge in [0.05, 0.1) is 5.56 Å². The Morgan fingerprint density at radius 2 is 2.00 bits per heavy atom. The third-order valence-corrected chi connectivity index (χ3v) is 1.80. The molecule has 0 aliphatic rings. The van der Waals surface area contributed by atoms with E-state index in [0.717, 1.165) is 10.3 Å². The molecule has 0 amide bonds. The van der Waals surface area contributed by atoms with E-state index < -0.39 is 0 Å². The van der Waals surface area contributed by atoms with Crippen LogP contribution >= 0.6 is 0 Å². The molecule has 0 aliphatic heterocycles. The average molecular weight is 179 g/mol. The summed E-state index contributed by atoms with van der Waals surface area (Å²) in [6.07, 6.45) is 1.62. The van der Waals surface area contributed by atoms with E-state index in [-0.39, 0.29) is 6.04 Å². The Morgan fingerprint density at radius 1 is 1.38 bits per heavy atom. The number of para-hydroxylation sites is 1. The Hall–Kier alpha value is -1.51. The molecule has 1 rings (SSSR count). The molecular formula is C10H15N2O+. The molecule has 1 aromatic carbocycles. The molecule has 3 N–H and O–H groups in total. The van der Waals surface area contributed by atoms with Gasteiger partial charge in [0.2, 0.25) is 6.21 Å². The maximum absolute atomic E-state index is 9.43. The van der Waals surface area contributed by atoms with Crippen LogP contribution in [0.5, 0.6) is 0 Å². The summed E-state index contributed by atoms with van der Waals surface area (Å²) in [5, 5.41) is 9.43. The molecule has 0 fully saturated rings. The SMILES string of the molecule is CC(C)[N+](O)=Cc1ccccc1N.